The molecule has 0 spiro atoms. The molecule has 1 fully saturated rings. The molecule has 2 heterocycles. The van der Waals surface area contributed by atoms with Gasteiger partial charge in [0.2, 0.25) is 5.56 Å². The molecule has 2 N–H and O–H groups in total. The highest BCUT2D eigenvalue weighted by Crippen LogP contribution is 2.22. The zero-order valence-electron chi connectivity index (χ0n) is 14.7. The minimum Gasteiger partial charge on any atom is -0.339 e. The monoisotopic (exact) mass is 361 g/mol. The third kappa shape index (κ3) is 3.33. The number of nitrogens with one attached hydrogen (secondary N) is 2. The molecule has 1 aromatic heterocycles. The van der Waals surface area contributed by atoms with Crippen LogP contribution >= 0.6 is 0 Å². The molecule has 27 heavy (non-hydrogen) atoms. The van der Waals surface area contributed by atoms with Crippen molar-refractivity contribution in [1.82, 2.24) is 9.88 Å². The second-order valence-corrected chi connectivity index (χ2v) is 6.59. The summed E-state index contributed by atoms with van der Waals surface area (Å²) in [5.41, 5.74) is 1.43. The van der Waals surface area contributed by atoms with Crippen LogP contribution in [0.2, 0.25) is 0 Å². The summed E-state index contributed by atoms with van der Waals surface area (Å²) >= 11 is 0. The van der Waals surface area contributed by atoms with Crippen LogP contribution in [0.4, 0.5) is 5.69 Å². The first-order chi connectivity index (χ1) is 13.1. The Bertz CT molecular complexity index is 1080. The molecule has 0 aliphatic carbocycles. The van der Waals surface area contributed by atoms with Crippen LogP contribution in [-0.2, 0) is 0 Å². The molecule has 6 heteroatoms. The number of aromatic nitrogens is 1. The van der Waals surface area contributed by atoms with Gasteiger partial charge in [-0.2, -0.15) is 0 Å². The smallest absolute Gasteiger partial charge is 0.256 e. The van der Waals surface area contributed by atoms with E-state index < -0.39 is 5.91 Å². The van der Waals surface area contributed by atoms with E-state index in [1.165, 1.54) is 6.07 Å². The number of likely N-dealkylation sites (tertiary alicyclic amines) is 1. The average Bonchev–Trinajstić information content (AvgIpc) is 3.22. The van der Waals surface area contributed by atoms with Crippen molar-refractivity contribution in [3.8, 4) is 0 Å². The van der Waals surface area contributed by atoms with Crippen LogP contribution in [0.5, 0.6) is 0 Å². The van der Waals surface area contributed by atoms with Gasteiger partial charge < -0.3 is 15.2 Å². The van der Waals surface area contributed by atoms with E-state index in [0.29, 0.717) is 22.2 Å². The van der Waals surface area contributed by atoms with Gasteiger partial charge in [-0.3, -0.25) is 14.4 Å². The van der Waals surface area contributed by atoms with Gasteiger partial charge in [-0.15, -0.1) is 0 Å². The van der Waals surface area contributed by atoms with Crippen molar-refractivity contribution in [3.63, 3.8) is 0 Å². The molecule has 136 valence electrons. The fourth-order valence-corrected chi connectivity index (χ4v) is 3.45. The third-order valence-corrected chi connectivity index (χ3v) is 4.79. The van der Waals surface area contributed by atoms with E-state index in [1.807, 2.05) is 6.07 Å². The number of nitrogens with zero attached hydrogens (tertiary/aromatic N) is 1. The van der Waals surface area contributed by atoms with E-state index in [2.05, 4.69) is 10.3 Å². The first-order valence-electron chi connectivity index (χ1n) is 8.95. The Morgan fingerprint density at radius 1 is 0.926 bits per heavy atom. The summed E-state index contributed by atoms with van der Waals surface area (Å²) < 4.78 is 0. The number of benzene rings is 2. The number of hydrogen-bond donors (Lipinski definition) is 2. The second kappa shape index (κ2) is 7.07. The molecule has 0 atom stereocenters. The maximum absolute atomic E-state index is 12.9. The normalized spacial score (nSPS) is 13.7. The number of pyridine rings is 1. The number of carbonyl (C=O) groups is 2. The number of rotatable bonds is 3. The molecule has 2 amide bonds. The quantitative estimate of drug-likeness (QED) is 0.752. The van der Waals surface area contributed by atoms with Crippen LogP contribution in [0.25, 0.3) is 10.9 Å². The lowest BCUT2D eigenvalue weighted by atomic mass is 10.1. The Labute approximate surface area is 155 Å². The van der Waals surface area contributed by atoms with Crippen LogP contribution in [0.15, 0.2) is 59.4 Å². The molecule has 0 unspecified atom stereocenters. The number of carbonyl (C=O) groups excluding carboxylic acids is 2. The van der Waals surface area contributed by atoms with E-state index in [4.69, 9.17) is 0 Å². The Hall–Kier alpha value is -3.41. The molecule has 2 aromatic carbocycles. The molecule has 4 rings (SSSR count). The fraction of sp³-hybridized carbons (Fsp3) is 0.190. The highest BCUT2D eigenvalue weighted by molar-refractivity contribution is 6.14. The highest BCUT2D eigenvalue weighted by Gasteiger charge is 2.22. The lowest BCUT2D eigenvalue weighted by molar-refractivity contribution is 0.0794. The maximum Gasteiger partial charge on any atom is 0.256 e. The minimum absolute atomic E-state index is 0.0841. The van der Waals surface area contributed by atoms with E-state index in [9.17, 15) is 14.4 Å². The van der Waals surface area contributed by atoms with Crippen LogP contribution < -0.4 is 10.9 Å². The predicted octanol–water partition coefficient (Wildman–Crippen LogP) is 3.02. The molecule has 0 radical (unpaired) electrons. The fourth-order valence-electron chi connectivity index (χ4n) is 3.45. The number of fused-ring (bicyclic) bond motifs is 1. The molecular weight excluding hydrogens is 342 g/mol. The van der Waals surface area contributed by atoms with Gasteiger partial charge in [0.15, 0.2) is 0 Å². The number of aromatic amines is 1. The molecule has 0 bridgehead atoms. The molecule has 1 aliphatic rings. The van der Waals surface area contributed by atoms with Crippen molar-refractivity contribution in [2.75, 3.05) is 18.4 Å². The van der Waals surface area contributed by atoms with E-state index >= 15 is 0 Å². The van der Waals surface area contributed by atoms with Gasteiger partial charge in [0.1, 0.15) is 0 Å². The van der Waals surface area contributed by atoms with E-state index in [1.54, 1.807) is 47.4 Å². The molecule has 6 nitrogen and oxygen atoms in total. The van der Waals surface area contributed by atoms with Gasteiger partial charge in [0.25, 0.3) is 11.8 Å². The van der Waals surface area contributed by atoms with Crippen molar-refractivity contribution >= 4 is 28.4 Å². The van der Waals surface area contributed by atoms with Gasteiger partial charge in [0.05, 0.1) is 16.8 Å². The van der Waals surface area contributed by atoms with Gasteiger partial charge in [-0.25, -0.2) is 0 Å². The Morgan fingerprint density at radius 2 is 1.63 bits per heavy atom. The van der Waals surface area contributed by atoms with Crippen molar-refractivity contribution in [2.24, 2.45) is 0 Å². The van der Waals surface area contributed by atoms with Crippen LogP contribution in [0.3, 0.4) is 0 Å². The zero-order valence-corrected chi connectivity index (χ0v) is 14.7. The number of H-pyrrole nitrogens is 1. The molecule has 1 aliphatic heterocycles. The van der Waals surface area contributed by atoms with E-state index in [-0.39, 0.29) is 17.0 Å². The maximum atomic E-state index is 12.9. The second-order valence-electron chi connectivity index (χ2n) is 6.59. The molecule has 1 saturated heterocycles. The van der Waals surface area contributed by atoms with Gasteiger partial charge >= 0.3 is 0 Å². The Balaban J connectivity index is 1.68. The van der Waals surface area contributed by atoms with Crippen molar-refractivity contribution in [3.05, 3.63) is 76.1 Å². The average molecular weight is 361 g/mol. The summed E-state index contributed by atoms with van der Waals surface area (Å²) in [7, 11) is 0. The summed E-state index contributed by atoms with van der Waals surface area (Å²) in [6, 6.07) is 15.4. The number of anilines is 1. The standard InChI is InChI=1S/C21H19N3O3/c25-19-13-16(14-7-1-3-9-17(14)22-19)20(26)23-18-10-4-2-8-15(18)21(27)24-11-5-6-12-24/h1-4,7-10,13H,5-6,11-12H2,(H,22,25)(H,23,26). The number of para-hydroxylation sites is 2. The van der Waals surface area contributed by atoms with Crippen LogP contribution in [0.1, 0.15) is 33.6 Å². The first kappa shape index (κ1) is 17.0. The minimum atomic E-state index is -0.418. The molecular formula is C21H19N3O3. The van der Waals surface area contributed by atoms with Crippen molar-refractivity contribution < 1.29 is 9.59 Å². The Morgan fingerprint density at radius 3 is 2.44 bits per heavy atom. The predicted molar refractivity (Wildman–Crippen MR) is 104 cm³/mol. The van der Waals surface area contributed by atoms with Crippen molar-refractivity contribution in [1.29, 1.82) is 0 Å². The largest absolute Gasteiger partial charge is 0.339 e. The van der Waals surface area contributed by atoms with Crippen molar-refractivity contribution in [2.45, 2.75) is 12.8 Å². The number of hydrogen-bond acceptors (Lipinski definition) is 3. The summed E-state index contributed by atoms with van der Waals surface area (Å²) in [4.78, 5) is 42.1. The summed E-state index contributed by atoms with van der Waals surface area (Å²) in [5.74, 6) is -0.502. The summed E-state index contributed by atoms with van der Waals surface area (Å²) in [6.45, 7) is 1.47. The lowest BCUT2D eigenvalue weighted by Gasteiger charge is -2.18. The topological polar surface area (TPSA) is 82.3 Å². The Kier molecular flexibility index (Phi) is 4.46. The lowest BCUT2D eigenvalue weighted by Crippen LogP contribution is -2.29. The van der Waals surface area contributed by atoms with Gasteiger partial charge in [0, 0.05) is 30.1 Å². The number of amides is 2. The summed E-state index contributed by atoms with van der Waals surface area (Å²) in [5, 5.41) is 3.46. The molecule has 0 saturated carbocycles. The van der Waals surface area contributed by atoms with Crippen LogP contribution in [-0.4, -0.2) is 34.8 Å². The third-order valence-electron chi connectivity index (χ3n) is 4.79. The van der Waals surface area contributed by atoms with Crippen LogP contribution in [0, 0.1) is 0 Å². The zero-order chi connectivity index (χ0) is 18.8. The van der Waals surface area contributed by atoms with E-state index in [0.717, 1.165) is 25.9 Å². The molecule has 3 aromatic rings. The summed E-state index contributed by atoms with van der Waals surface area (Å²) in [6.07, 6.45) is 2.00. The van der Waals surface area contributed by atoms with Gasteiger partial charge in [-0.05, 0) is 31.0 Å². The van der Waals surface area contributed by atoms with Gasteiger partial charge in [-0.1, -0.05) is 30.3 Å². The highest BCUT2D eigenvalue weighted by atomic mass is 16.2. The SMILES string of the molecule is O=C(Nc1ccccc1C(=O)N1CCCC1)c1cc(=O)[nH]c2ccccc12. The first-order valence-corrected chi connectivity index (χ1v) is 8.95.